The summed E-state index contributed by atoms with van der Waals surface area (Å²) in [7, 11) is -1.34. The Morgan fingerprint density at radius 3 is 2.00 bits per heavy atom. The number of nitrogens with two attached hydrogens (primary N) is 1. The minimum absolute atomic E-state index is 0.788. The first-order valence-corrected chi connectivity index (χ1v) is 7.93. The highest BCUT2D eigenvalue weighted by Crippen LogP contribution is 2.20. The molecule has 0 fully saturated rings. The summed E-state index contributed by atoms with van der Waals surface area (Å²) in [5.74, 6) is 0. The smallest absolute Gasteiger partial charge is 0.330 e. The van der Waals surface area contributed by atoms with E-state index in [1.807, 2.05) is 0 Å². The topological polar surface area (TPSA) is 80.4 Å². The van der Waals surface area contributed by atoms with E-state index in [-0.39, 0.29) is 0 Å². The standard InChI is InChI=1S/C12H21N2.CHF3O3S/c1-14(2,10-6-9-13)11-12-7-4-3-5-8-12;2-1(3,4)8(5,6)7/h3-5,7-8H,6,9-11,13H2,1-2H3;(H,5,6,7)/q+1;. The molecule has 0 aliphatic rings. The number of rotatable bonds is 5. The fraction of sp³-hybridized carbons (Fsp3) is 0.538. The third-order valence-electron chi connectivity index (χ3n) is 2.71. The molecule has 5 nitrogen and oxygen atoms in total. The van der Waals surface area contributed by atoms with Crippen LogP contribution in [-0.2, 0) is 16.7 Å². The molecule has 0 aliphatic heterocycles. The van der Waals surface area contributed by atoms with Gasteiger partial charge in [-0.15, -0.1) is 0 Å². The molecule has 1 aromatic carbocycles. The van der Waals surface area contributed by atoms with E-state index in [0.29, 0.717) is 0 Å². The Morgan fingerprint density at radius 1 is 1.18 bits per heavy atom. The molecule has 0 bridgehead atoms. The number of alkyl halides is 3. The van der Waals surface area contributed by atoms with Crippen molar-refractivity contribution in [2.75, 3.05) is 27.2 Å². The molecule has 0 unspecified atom stereocenters. The second kappa shape index (κ2) is 8.47. The molecule has 0 aliphatic carbocycles. The molecular formula is C13H22F3N2O3S+. The van der Waals surface area contributed by atoms with Crippen molar-refractivity contribution >= 4 is 10.1 Å². The minimum Gasteiger partial charge on any atom is -0.330 e. The van der Waals surface area contributed by atoms with Crippen LogP contribution in [0.2, 0.25) is 0 Å². The van der Waals surface area contributed by atoms with Crippen molar-refractivity contribution in [3.8, 4) is 0 Å². The summed E-state index contributed by atoms with van der Waals surface area (Å²) in [5.41, 5.74) is 1.38. The summed E-state index contributed by atoms with van der Waals surface area (Å²) < 4.78 is 58.6. The summed E-state index contributed by atoms with van der Waals surface area (Å²) in [6, 6.07) is 10.6. The van der Waals surface area contributed by atoms with Gasteiger partial charge in [-0.2, -0.15) is 21.6 Å². The third-order valence-corrected chi connectivity index (χ3v) is 3.30. The van der Waals surface area contributed by atoms with Gasteiger partial charge in [0.2, 0.25) is 0 Å². The maximum absolute atomic E-state index is 10.7. The highest BCUT2D eigenvalue weighted by molar-refractivity contribution is 7.86. The lowest BCUT2D eigenvalue weighted by Crippen LogP contribution is -2.40. The lowest BCUT2D eigenvalue weighted by molar-refractivity contribution is -0.903. The van der Waals surface area contributed by atoms with Crippen LogP contribution in [0.5, 0.6) is 0 Å². The van der Waals surface area contributed by atoms with Gasteiger partial charge in [-0.3, -0.25) is 4.55 Å². The first-order chi connectivity index (χ1) is 9.89. The summed E-state index contributed by atoms with van der Waals surface area (Å²) in [6.45, 7) is 3.02. The maximum atomic E-state index is 10.7. The van der Waals surface area contributed by atoms with Crippen LogP contribution in [0.25, 0.3) is 0 Å². The van der Waals surface area contributed by atoms with Crippen LogP contribution in [0.3, 0.4) is 0 Å². The second-order valence-corrected chi connectivity index (χ2v) is 6.78. The molecule has 0 heterocycles. The van der Waals surface area contributed by atoms with E-state index in [1.165, 1.54) is 5.56 Å². The molecule has 0 atom stereocenters. The van der Waals surface area contributed by atoms with Gasteiger partial charge in [-0.25, -0.2) is 0 Å². The summed E-state index contributed by atoms with van der Waals surface area (Å²) in [6.07, 6.45) is 1.10. The van der Waals surface area contributed by atoms with Gasteiger partial charge >= 0.3 is 15.6 Å². The largest absolute Gasteiger partial charge is 0.522 e. The van der Waals surface area contributed by atoms with Crippen molar-refractivity contribution in [3.05, 3.63) is 35.9 Å². The van der Waals surface area contributed by atoms with Crippen LogP contribution in [0.4, 0.5) is 13.2 Å². The van der Waals surface area contributed by atoms with Crippen LogP contribution >= 0.6 is 0 Å². The van der Waals surface area contributed by atoms with E-state index in [4.69, 9.17) is 18.7 Å². The molecule has 0 aromatic heterocycles. The van der Waals surface area contributed by atoms with E-state index in [9.17, 15) is 13.2 Å². The van der Waals surface area contributed by atoms with Crippen molar-refractivity contribution in [2.24, 2.45) is 5.73 Å². The van der Waals surface area contributed by atoms with E-state index in [2.05, 4.69) is 44.4 Å². The van der Waals surface area contributed by atoms with Gasteiger partial charge in [-0.1, -0.05) is 30.3 Å². The molecular weight excluding hydrogens is 321 g/mol. The second-order valence-electron chi connectivity index (χ2n) is 5.37. The Bertz CT molecular complexity index is 531. The number of halogens is 3. The average Bonchev–Trinajstić information content (AvgIpc) is 2.35. The lowest BCUT2D eigenvalue weighted by Gasteiger charge is -2.29. The summed E-state index contributed by atoms with van der Waals surface area (Å²) in [5, 5.41) is 0. The van der Waals surface area contributed by atoms with Crippen LogP contribution in [-0.4, -0.2) is 50.1 Å². The molecule has 9 heteroatoms. The fourth-order valence-electron chi connectivity index (χ4n) is 1.68. The Morgan fingerprint density at radius 2 is 1.64 bits per heavy atom. The molecule has 1 aromatic rings. The highest BCUT2D eigenvalue weighted by Gasteiger charge is 2.44. The third kappa shape index (κ3) is 8.98. The van der Waals surface area contributed by atoms with Crippen molar-refractivity contribution in [1.82, 2.24) is 0 Å². The predicted octanol–water partition coefficient (Wildman–Crippen LogP) is 2.01. The quantitative estimate of drug-likeness (QED) is 0.487. The van der Waals surface area contributed by atoms with E-state index >= 15 is 0 Å². The van der Waals surface area contributed by atoms with Gasteiger partial charge in [0.15, 0.2) is 0 Å². The predicted molar refractivity (Wildman–Crippen MR) is 78.4 cm³/mol. The summed E-state index contributed by atoms with van der Waals surface area (Å²) in [4.78, 5) is 0. The number of nitrogens with zero attached hydrogens (tertiary/aromatic N) is 1. The molecule has 0 saturated carbocycles. The number of benzene rings is 1. The first kappa shape index (κ1) is 20.8. The maximum Gasteiger partial charge on any atom is 0.522 e. The average molecular weight is 343 g/mol. The molecule has 1 rings (SSSR count). The zero-order chi connectivity index (χ0) is 17.4. The van der Waals surface area contributed by atoms with Crippen LogP contribution in [0.15, 0.2) is 30.3 Å². The van der Waals surface area contributed by atoms with Gasteiger partial charge in [0, 0.05) is 12.0 Å². The zero-order valence-electron chi connectivity index (χ0n) is 12.5. The Hall–Kier alpha value is -1.16. The van der Waals surface area contributed by atoms with Crippen molar-refractivity contribution in [2.45, 2.75) is 18.5 Å². The van der Waals surface area contributed by atoms with Gasteiger partial charge in [0.25, 0.3) is 0 Å². The van der Waals surface area contributed by atoms with Gasteiger partial charge in [0.1, 0.15) is 6.54 Å². The van der Waals surface area contributed by atoms with Crippen molar-refractivity contribution in [1.29, 1.82) is 0 Å². The van der Waals surface area contributed by atoms with Crippen LogP contribution in [0.1, 0.15) is 12.0 Å². The number of hydrogen-bond acceptors (Lipinski definition) is 3. The number of hydrogen-bond donors (Lipinski definition) is 2. The fourth-order valence-corrected chi connectivity index (χ4v) is 1.68. The summed E-state index contributed by atoms with van der Waals surface area (Å²) >= 11 is 0. The molecule has 0 saturated heterocycles. The molecule has 22 heavy (non-hydrogen) atoms. The molecule has 0 radical (unpaired) electrons. The molecule has 3 N–H and O–H groups in total. The van der Waals surface area contributed by atoms with Crippen LogP contribution in [0, 0.1) is 0 Å². The van der Waals surface area contributed by atoms with E-state index in [1.54, 1.807) is 0 Å². The highest BCUT2D eigenvalue weighted by atomic mass is 32.2. The van der Waals surface area contributed by atoms with Gasteiger partial charge in [0.05, 0.1) is 20.6 Å². The number of quaternary nitrogens is 1. The van der Waals surface area contributed by atoms with E-state index in [0.717, 1.165) is 30.5 Å². The zero-order valence-corrected chi connectivity index (χ0v) is 13.4. The normalized spacial score (nSPS) is 12.5. The van der Waals surface area contributed by atoms with Gasteiger partial charge in [-0.05, 0) is 6.54 Å². The molecule has 128 valence electrons. The molecule has 0 spiro atoms. The minimum atomic E-state index is -5.84. The lowest BCUT2D eigenvalue weighted by atomic mass is 10.2. The molecule has 0 amide bonds. The Labute approximate surface area is 128 Å². The van der Waals surface area contributed by atoms with E-state index < -0.39 is 15.6 Å². The van der Waals surface area contributed by atoms with Gasteiger partial charge < -0.3 is 10.2 Å². The van der Waals surface area contributed by atoms with Crippen molar-refractivity contribution in [3.63, 3.8) is 0 Å². The van der Waals surface area contributed by atoms with Crippen LogP contribution < -0.4 is 5.73 Å². The monoisotopic (exact) mass is 343 g/mol. The first-order valence-electron chi connectivity index (χ1n) is 6.49. The Balaban J connectivity index is 0.000000472. The Kier molecular flexibility index (Phi) is 8.02. The van der Waals surface area contributed by atoms with Crippen molar-refractivity contribution < 1.29 is 30.6 Å². The SMILES string of the molecule is C[N+](C)(CCCN)Cc1ccccc1.O=S(=O)(O)C(F)(F)F.